The molecule has 2 aliphatic rings. The first-order valence-corrected chi connectivity index (χ1v) is 13.7. The number of methoxy groups -OCH3 is 1. The van der Waals surface area contributed by atoms with Crippen LogP contribution in [0.4, 0.5) is 0 Å². The van der Waals surface area contributed by atoms with Crippen LogP contribution < -0.4 is 14.2 Å². The minimum atomic E-state index is -1.19. The molecule has 0 saturated carbocycles. The minimum absolute atomic E-state index is 0.119. The first-order valence-electron chi connectivity index (χ1n) is 13.7. The molecule has 0 amide bonds. The molecule has 6 nitrogen and oxygen atoms in total. The molecule has 2 aromatic carbocycles. The molecular weight excluding hydrogens is 492 g/mol. The summed E-state index contributed by atoms with van der Waals surface area (Å²) in [6.07, 6.45) is 0.622. The lowest BCUT2D eigenvalue weighted by Gasteiger charge is -2.45. The van der Waals surface area contributed by atoms with Gasteiger partial charge in [0.25, 0.3) is 0 Å². The zero-order valence-electron chi connectivity index (χ0n) is 24.6. The number of allylic oxidation sites excluding steroid dienone is 2. The van der Waals surface area contributed by atoms with Crippen LogP contribution in [0.2, 0.25) is 0 Å². The third-order valence-corrected chi connectivity index (χ3v) is 7.83. The number of ether oxygens (including phenoxy) is 3. The van der Waals surface area contributed by atoms with Crippen LogP contribution in [0, 0.1) is 22.7 Å². The van der Waals surface area contributed by atoms with Crippen molar-refractivity contribution in [2.75, 3.05) is 7.11 Å². The van der Waals surface area contributed by atoms with E-state index in [4.69, 9.17) is 14.2 Å². The van der Waals surface area contributed by atoms with Gasteiger partial charge in [0.05, 0.1) is 17.9 Å². The number of carbonyl (C=O) groups excluding carboxylic acids is 3. The Morgan fingerprint density at radius 3 is 2.21 bits per heavy atom. The Bertz CT molecular complexity index is 1340. The third kappa shape index (κ3) is 4.79. The molecule has 0 bridgehead atoms. The maximum Gasteiger partial charge on any atom is 0.175 e. The predicted octanol–water partition coefficient (Wildman–Crippen LogP) is 7.09. The van der Waals surface area contributed by atoms with Gasteiger partial charge in [0.1, 0.15) is 35.2 Å². The summed E-state index contributed by atoms with van der Waals surface area (Å²) in [5.41, 5.74) is 0.264. The van der Waals surface area contributed by atoms with E-state index < -0.39 is 16.7 Å². The van der Waals surface area contributed by atoms with Crippen LogP contribution in [0.1, 0.15) is 89.2 Å². The quantitative estimate of drug-likeness (QED) is 0.267. The lowest BCUT2D eigenvalue weighted by Crippen LogP contribution is -2.51. The fourth-order valence-electron chi connectivity index (χ4n) is 5.85. The second-order valence-electron chi connectivity index (χ2n) is 12.4. The molecule has 0 fully saturated rings. The molecule has 1 unspecified atom stereocenters. The van der Waals surface area contributed by atoms with Crippen LogP contribution in [-0.2, 0) is 16.2 Å². The normalized spacial score (nSPS) is 19.5. The van der Waals surface area contributed by atoms with Gasteiger partial charge in [-0.1, -0.05) is 58.0 Å². The summed E-state index contributed by atoms with van der Waals surface area (Å²) in [6.45, 7) is 15.1. The smallest absolute Gasteiger partial charge is 0.175 e. The highest BCUT2D eigenvalue weighted by atomic mass is 16.5. The molecule has 1 aliphatic carbocycles. The number of benzene rings is 2. The van der Waals surface area contributed by atoms with Crippen molar-refractivity contribution in [3.8, 4) is 17.2 Å². The van der Waals surface area contributed by atoms with Crippen molar-refractivity contribution in [2.45, 2.75) is 74.3 Å². The Hall–Kier alpha value is -3.41. The number of fused-ring (bicyclic) bond motifs is 1. The van der Waals surface area contributed by atoms with Crippen molar-refractivity contribution in [3.63, 3.8) is 0 Å². The highest BCUT2D eigenvalue weighted by Gasteiger charge is 2.57. The number of Topliss-reactive ketones (excluding diaryl/α,β-unsaturated/α-hetero) is 3. The second kappa shape index (κ2) is 10.3. The molecule has 1 heterocycles. The summed E-state index contributed by atoms with van der Waals surface area (Å²) < 4.78 is 18.7. The molecule has 6 heteroatoms. The topological polar surface area (TPSA) is 78.9 Å². The maximum atomic E-state index is 13.9. The Balaban J connectivity index is 1.99. The number of carbonyl (C=O) groups is 3. The van der Waals surface area contributed by atoms with Crippen LogP contribution in [0.3, 0.4) is 0 Å². The van der Waals surface area contributed by atoms with E-state index in [1.807, 2.05) is 58.0 Å². The average Bonchev–Trinajstić information content (AvgIpc) is 2.88. The Labute approximate surface area is 231 Å². The second-order valence-corrected chi connectivity index (χ2v) is 12.4. The highest BCUT2D eigenvalue weighted by Crippen LogP contribution is 2.57. The average molecular weight is 533 g/mol. The van der Waals surface area contributed by atoms with Gasteiger partial charge >= 0.3 is 0 Å². The van der Waals surface area contributed by atoms with Gasteiger partial charge in [-0.15, -0.1) is 0 Å². The van der Waals surface area contributed by atoms with Crippen molar-refractivity contribution < 1.29 is 28.6 Å². The summed E-state index contributed by atoms with van der Waals surface area (Å²) in [5.74, 6) is 0.526. The van der Waals surface area contributed by atoms with Crippen molar-refractivity contribution in [1.29, 1.82) is 0 Å². The van der Waals surface area contributed by atoms with Gasteiger partial charge in [-0.25, -0.2) is 0 Å². The van der Waals surface area contributed by atoms with Gasteiger partial charge in [-0.05, 0) is 45.6 Å². The van der Waals surface area contributed by atoms with Crippen molar-refractivity contribution in [2.24, 2.45) is 22.7 Å². The van der Waals surface area contributed by atoms with Crippen molar-refractivity contribution >= 4 is 17.3 Å². The monoisotopic (exact) mass is 532 g/mol. The fraction of sp³-hybridized carbons (Fsp3) is 0.485. The van der Waals surface area contributed by atoms with E-state index in [0.29, 0.717) is 46.1 Å². The van der Waals surface area contributed by atoms with Crippen LogP contribution in [0.25, 0.3) is 0 Å². The van der Waals surface area contributed by atoms with E-state index in [0.717, 1.165) is 5.56 Å². The summed E-state index contributed by atoms with van der Waals surface area (Å²) in [7, 11) is 1.53. The van der Waals surface area contributed by atoms with E-state index in [2.05, 4.69) is 13.8 Å². The molecule has 0 N–H and O–H groups in total. The molecule has 0 radical (unpaired) electrons. The Kier molecular flexibility index (Phi) is 7.54. The number of rotatable bonds is 8. The summed E-state index contributed by atoms with van der Waals surface area (Å²) in [4.78, 5) is 41.1. The molecular formula is C33H40O6. The van der Waals surface area contributed by atoms with Crippen LogP contribution in [0.15, 0.2) is 47.7 Å². The van der Waals surface area contributed by atoms with Gasteiger partial charge in [0.2, 0.25) is 0 Å². The van der Waals surface area contributed by atoms with E-state index in [-0.39, 0.29) is 35.8 Å². The van der Waals surface area contributed by atoms with Gasteiger partial charge in [0.15, 0.2) is 17.3 Å². The molecule has 0 aromatic heterocycles. The zero-order valence-corrected chi connectivity index (χ0v) is 24.6. The first-order chi connectivity index (χ1) is 18.2. The third-order valence-electron chi connectivity index (χ3n) is 7.83. The fourth-order valence-corrected chi connectivity index (χ4v) is 5.85. The lowest BCUT2D eigenvalue weighted by molar-refractivity contribution is -0.144. The molecule has 39 heavy (non-hydrogen) atoms. The predicted molar refractivity (Wildman–Crippen MR) is 150 cm³/mol. The van der Waals surface area contributed by atoms with Gasteiger partial charge in [-0.2, -0.15) is 0 Å². The molecule has 1 aliphatic heterocycles. The largest absolute Gasteiger partial charge is 0.495 e. The van der Waals surface area contributed by atoms with E-state index in [1.54, 1.807) is 19.9 Å². The molecule has 4 rings (SSSR count). The zero-order chi connectivity index (χ0) is 28.9. The summed E-state index contributed by atoms with van der Waals surface area (Å²) >= 11 is 0. The molecule has 0 saturated heterocycles. The maximum absolute atomic E-state index is 13.9. The van der Waals surface area contributed by atoms with Crippen LogP contribution in [-0.4, -0.2) is 24.5 Å². The molecule has 2 aromatic rings. The standard InChI is InChI=1S/C33H40O6/c1-18(2)15-21-24-23(39-30-25(21)29(35)32(5,6)31(36)33(30,7)8)16-22(38-17-20-13-11-10-12-14-20)26(28(24)37-9)27(34)19(3)4/h10-14,16,18-19,21H,15,17H2,1-9H3. The first kappa shape index (κ1) is 28.6. The van der Waals surface area contributed by atoms with Crippen molar-refractivity contribution in [1.82, 2.24) is 0 Å². The van der Waals surface area contributed by atoms with Crippen LogP contribution >= 0.6 is 0 Å². The summed E-state index contributed by atoms with van der Waals surface area (Å²) in [5, 5.41) is 0. The van der Waals surface area contributed by atoms with Gasteiger partial charge < -0.3 is 14.2 Å². The summed E-state index contributed by atoms with van der Waals surface area (Å²) in [6, 6.07) is 11.4. The molecule has 208 valence electrons. The lowest BCUT2D eigenvalue weighted by atomic mass is 9.59. The minimum Gasteiger partial charge on any atom is -0.495 e. The van der Waals surface area contributed by atoms with E-state index in [1.165, 1.54) is 7.11 Å². The number of hydrogen-bond donors (Lipinski definition) is 0. The molecule has 0 spiro atoms. The number of hydrogen-bond acceptors (Lipinski definition) is 6. The van der Waals surface area contributed by atoms with Gasteiger partial charge in [-0.3, -0.25) is 14.4 Å². The van der Waals surface area contributed by atoms with Crippen LogP contribution in [0.5, 0.6) is 17.2 Å². The molecule has 1 atom stereocenters. The number of ketones is 3. The SMILES string of the molecule is COc1c(C(=O)C(C)C)c(OCc2ccccc2)cc2c1C(CC(C)C)C1=C(O2)C(C)(C)C(=O)C(C)(C)C1=O. The highest BCUT2D eigenvalue weighted by molar-refractivity contribution is 6.20. The Morgan fingerprint density at radius 1 is 1.00 bits per heavy atom. The van der Waals surface area contributed by atoms with Crippen molar-refractivity contribution in [3.05, 3.63) is 64.4 Å². The Morgan fingerprint density at radius 2 is 1.64 bits per heavy atom. The van der Waals surface area contributed by atoms with Gasteiger partial charge in [0, 0.05) is 29.0 Å². The van der Waals surface area contributed by atoms with E-state index >= 15 is 0 Å². The van der Waals surface area contributed by atoms with E-state index in [9.17, 15) is 14.4 Å².